The summed E-state index contributed by atoms with van der Waals surface area (Å²) in [6, 6.07) is 16.4. The Balaban J connectivity index is 2.08. The monoisotopic (exact) mass is 434 g/mol. The average molecular weight is 436 g/mol. The Morgan fingerprint density at radius 1 is 0.870 bits per heavy atom. The topological polar surface area (TPSA) is 37.3 Å². The predicted molar refractivity (Wildman–Crippen MR) is 100 cm³/mol. The van der Waals surface area contributed by atoms with Crippen LogP contribution in [0.4, 0.5) is 0 Å². The largest absolute Gasteiger partial charge is 0.481 e. The number of carbonyl (C=O) groups is 1. The number of rotatable bonds is 3. The first-order valence-electron chi connectivity index (χ1n) is 7.51. The van der Waals surface area contributed by atoms with Gasteiger partial charge in [0.1, 0.15) is 0 Å². The van der Waals surface area contributed by atoms with E-state index in [4.69, 9.17) is 0 Å². The van der Waals surface area contributed by atoms with Crippen molar-refractivity contribution >= 4 is 49.0 Å². The number of benzene rings is 2. The molecule has 1 aliphatic carbocycles. The van der Waals surface area contributed by atoms with Crippen molar-refractivity contribution in [3.63, 3.8) is 0 Å². The number of carboxylic acid groups (broad SMARTS) is 1. The van der Waals surface area contributed by atoms with Gasteiger partial charge in [-0.25, -0.2) is 0 Å². The van der Waals surface area contributed by atoms with Crippen LogP contribution < -0.4 is 0 Å². The van der Waals surface area contributed by atoms with E-state index in [0.717, 1.165) is 26.5 Å². The van der Waals surface area contributed by atoms with Crippen molar-refractivity contribution in [2.45, 2.75) is 19.3 Å². The highest BCUT2D eigenvalue weighted by Gasteiger charge is 2.27. The van der Waals surface area contributed by atoms with Crippen LogP contribution in [0.5, 0.6) is 0 Å². The molecule has 3 rings (SSSR count). The van der Waals surface area contributed by atoms with Gasteiger partial charge in [0.25, 0.3) is 0 Å². The minimum Gasteiger partial charge on any atom is -0.481 e. The van der Waals surface area contributed by atoms with E-state index in [-0.39, 0.29) is 5.92 Å². The van der Waals surface area contributed by atoms with E-state index in [0.29, 0.717) is 12.8 Å². The lowest BCUT2D eigenvalue weighted by Crippen LogP contribution is -2.18. The first-order valence-corrected chi connectivity index (χ1v) is 9.10. The zero-order chi connectivity index (χ0) is 16.4. The molecular weight excluding hydrogens is 420 g/mol. The molecule has 4 heteroatoms. The van der Waals surface area contributed by atoms with Gasteiger partial charge in [-0.1, -0.05) is 56.1 Å². The first kappa shape index (κ1) is 16.5. The molecule has 1 aliphatic rings. The van der Waals surface area contributed by atoms with Crippen LogP contribution in [-0.2, 0) is 4.79 Å². The van der Waals surface area contributed by atoms with Crippen LogP contribution in [0.1, 0.15) is 30.4 Å². The van der Waals surface area contributed by atoms with Gasteiger partial charge in [0.2, 0.25) is 0 Å². The molecule has 1 atom stereocenters. The fraction of sp³-hybridized carbons (Fsp3) is 0.211. The normalized spacial score (nSPS) is 18.1. The number of hydrogen-bond donors (Lipinski definition) is 1. The van der Waals surface area contributed by atoms with Crippen molar-refractivity contribution in [2.24, 2.45) is 5.92 Å². The van der Waals surface area contributed by atoms with Crippen molar-refractivity contribution in [1.82, 2.24) is 0 Å². The van der Waals surface area contributed by atoms with Crippen LogP contribution in [0.25, 0.3) is 11.1 Å². The van der Waals surface area contributed by atoms with Crippen LogP contribution in [0.15, 0.2) is 57.5 Å². The smallest absolute Gasteiger partial charge is 0.306 e. The quantitative estimate of drug-likeness (QED) is 0.641. The Kier molecular flexibility index (Phi) is 5.02. The Morgan fingerprint density at radius 2 is 1.35 bits per heavy atom. The Hall–Kier alpha value is -1.39. The lowest BCUT2D eigenvalue weighted by Gasteiger charge is -2.26. The molecule has 0 bridgehead atoms. The summed E-state index contributed by atoms with van der Waals surface area (Å²) in [5.41, 5.74) is 4.70. The van der Waals surface area contributed by atoms with Gasteiger partial charge in [0, 0.05) is 8.95 Å². The van der Waals surface area contributed by atoms with Gasteiger partial charge in [-0.3, -0.25) is 4.79 Å². The third-order valence-electron chi connectivity index (χ3n) is 4.29. The van der Waals surface area contributed by atoms with Crippen LogP contribution in [0.3, 0.4) is 0 Å². The van der Waals surface area contributed by atoms with Crippen LogP contribution in [-0.4, -0.2) is 11.1 Å². The average Bonchev–Trinajstić information content (AvgIpc) is 2.56. The molecule has 0 fully saturated rings. The molecule has 0 heterocycles. The molecule has 0 aliphatic heterocycles. The maximum absolute atomic E-state index is 11.4. The number of allylic oxidation sites excluding steroid dienone is 2. The molecule has 1 N–H and O–H groups in total. The lowest BCUT2D eigenvalue weighted by atomic mass is 9.78. The molecule has 0 saturated heterocycles. The molecule has 2 nitrogen and oxygen atoms in total. The molecule has 2 aromatic rings. The highest BCUT2D eigenvalue weighted by atomic mass is 79.9. The van der Waals surface area contributed by atoms with E-state index in [1.807, 2.05) is 24.3 Å². The standard InChI is InChI=1S/C19H16Br2O2/c20-15-6-1-12(2-7-15)17-10-5-14(19(22)23)11-18(17)13-3-8-16(21)9-4-13/h1-4,6-9,14H,5,10-11H2,(H,22,23). The van der Waals surface area contributed by atoms with Crippen LogP contribution in [0.2, 0.25) is 0 Å². The SMILES string of the molecule is O=C(O)C1CCC(c2ccc(Br)cc2)=C(c2ccc(Br)cc2)C1. The van der Waals surface area contributed by atoms with Gasteiger partial charge in [-0.05, 0) is 65.8 Å². The molecule has 23 heavy (non-hydrogen) atoms. The molecule has 1 unspecified atom stereocenters. The lowest BCUT2D eigenvalue weighted by molar-refractivity contribution is -0.141. The maximum atomic E-state index is 11.4. The van der Waals surface area contributed by atoms with Gasteiger partial charge >= 0.3 is 5.97 Å². The van der Waals surface area contributed by atoms with Crippen molar-refractivity contribution in [1.29, 1.82) is 0 Å². The van der Waals surface area contributed by atoms with E-state index >= 15 is 0 Å². The summed E-state index contributed by atoms with van der Waals surface area (Å²) in [6.07, 6.45) is 2.08. The van der Waals surface area contributed by atoms with E-state index in [2.05, 4.69) is 56.1 Å². The van der Waals surface area contributed by atoms with E-state index in [1.54, 1.807) is 0 Å². The van der Waals surface area contributed by atoms with E-state index in [9.17, 15) is 9.90 Å². The molecule has 0 spiro atoms. The highest BCUT2D eigenvalue weighted by Crippen LogP contribution is 2.41. The summed E-state index contributed by atoms with van der Waals surface area (Å²) in [7, 11) is 0. The van der Waals surface area contributed by atoms with Crippen molar-refractivity contribution in [3.05, 3.63) is 68.6 Å². The van der Waals surface area contributed by atoms with E-state index < -0.39 is 5.97 Å². The van der Waals surface area contributed by atoms with E-state index in [1.165, 1.54) is 11.1 Å². The minimum absolute atomic E-state index is 0.298. The number of carboxylic acids is 1. The summed E-state index contributed by atoms with van der Waals surface area (Å²) in [5, 5.41) is 9.40. The fourth-order valence-electron chi connectivity index (χ4n) is 3.06. The minimum atomic E-state index is -0.700. The molecule has 0 aromatic heterocycles. The molecule has 0 radical (unpaired) electrons. The van der Waals surface area contributed by atoms with Gasteiger partial charge in [-0.15, -0.1) is 0 Å². The zero-order valence-electron chi connectivity index (χ0n) is 12.4. The Bertz CT molecular complexity index is 746. The summed E-state index contributed by atoms with van der Waals surface area (Å²) in [4.78, 5) is 11.4. The van der Waals surface area contributed by atoms with Gasteiger partial charge in [0.05, 0.1) is 5.92 Å². The van der Waals surface area contributed by atoms with Crippen LogP contribution >= 0.6 is 31.9 Å². The predicted octanol–water partition coefficient (Wildman–Crippen LogP) is 6.01. The first-order chi connectivity index (χ1) is 11.0. The van der Waals surface area contributed by atoms with Gasteiger partial charge in [-0.2, -0.15) is 0 Å². The molecule has 2 aromatic carbocycles. The second-order valence-corrected chi connectivity index (χ2v) is 7.58. The van der Waals surface area contributed by atoms with Crippen molar-refractivity contribution in [2.75, 3.05) is 0 Å². The van der Waals surface area contributed by atoms with Gasteiger partial charge in [0.15, 0.2) is 0 Å². The second kappa shape index (κ2) is 7.02. The number of halogens is 2. The molecular formula is C19H16Br2O2. The second-order valence-electron chi connectivity index (χ2n) is 5.75. The number of aliphatic carboxylic acids is 1. The third-order valence-corrected chi connectivity index (χ3v) is 5.35. The summed E-state index contributed by atoms with van der Waals surface area (Å²) in [5.74, 6) is -0.998. The van der Waals surface area contributed by atoms with Gasteiger partial charge < -0.3 is 5.11 Å². The third kappa shape index (κ3) is 3.75. The van der Waals surface area contributed by atoms with Crippen molar-refractivity contribution < 1.29 is 9.90 Å². The maximum Gasteiger partial charge on any atom is 0.306 e. The molecule has 118 valence electrons. The Morgan fingerprint density at radius 3 is 1.83 bits per heavy atom. The zero-order valence-corrected chi connectivity index (χ0v) is 15.6. The summed E-state index contributed by atoms with van der Waals surface area (Å²) >= 11 is 6.92. The van der Waals surface area contributed by atoms with Crippen LogP contribution in [0, 0.1) is 5.92 Å². The Labute approximate surface area is 152 Å². The summed E-state index contributed by atoms with van der Waals surface area (Å²) in [6.45, 7) is 0. The highest BCUT2D eigenvalue weighted by molar-refractivity contribution is 9.10. The fourth-order valence-corrected chi connectivity index (χ4v) is 3.59. The molecule has 0 saturated carbocycles. The summed E-state index contributed by atoms with van der Waals surface area (Å²) < 4.78 is 2.07. The molecule has 0 amide bonds. The number of hydrogen-bond acceptors (Lipinski definition) is 1. The van der Waals surface area contributed by atoms with Crippen molar-refractivity contribution in [3.8, 4) is 0 Å².